The molecule has 0 aliphatic carbocycles. The number of para-hydroxylation sites is 1. The summed E-state index contributed by atoms with van der Waals surface area (Å²) in [6.45, 7) is 0. The average Bonchev–Trinajstić information content (AvgIpc) is 2.62. The largest absolute Gasteiger partial charge is 0.438 e. The third kappa shape index (κ3) is 5.18. The molecular weight excluding hydrogens is 456 g/mol. The van der Waals surface area contributed by atoms with Gasteiger partial charge in [0.25, 0.3) is 0 Å². The molecule has 0 aliphatic heterocycles. The molecule has 6 nitrogen and oxygen atoms in total. The molecule has 0 bridgehead atoms. The first-order valence-electron chi connectivity index (χ1n) is 7.78. The Labute approximate surface area is 169 Å². The Balaban J connectivity index is 1.81. The SMILES string of the molecule is O=c1c(Cl)c[nH]cc1CS(=O)(=O)Cc1ccc(Br)c(Oc2ccccc2)n1. The van der Waals surface area contributed by atoms with Crippen LogP contribution < -0.4 is 10.2 Å². The van der Waals surface area contributed by atoms with E-state index in [9.17, 15) is 13.2 Å². The topological polar surface area (TPSA) is 89.1 Å². The van der Waals surface area contributed by atoms with E-state index >= 15 is 0 Å². The molecule has 0 amide bonds. The maximum Gasteiger partial charge on any atom is 0.233 e. The standard InChI is InChI=1S/C18H14BrClN2O4S/c19-15-7-6-13(22-18(15)26-14-4-2-1-3-5-14)11-27(24,25)10-12-8-21-9-16(20)17(12)23/h1-9H,10-11H2,(H,21,23). The van der Waals surface area contributed by atoms with E-state index in [1.54, 1.807) is 24.3 Å². The van der Waals surface area contributed by atoms with Gasteiger partial charge < -0.3 is 9.72 Å². The quantitative estimate of drug-likeness (QED) is 0.587. The second-order valence-electron chi connectivity index (χ2n) is 5.69. The minimum Gasteiger partial charge on any atom is -0.438 e. The molecule has 1 aromatic carbocycles. The van der Waals surface area contributed by atoms with Crippen LogP contribution in [0.1, 0.15) is 11.3 Å². The van der Waals surface area contributed by atoms with Gasteiger partial charge in [0.2, 0.25) is 11.3 Å². The number of nitrogens with one attached hydrogen (secondary N) is 1. The van der Waals surface area contributed by atoms with Crippen LogP contribution in [0.15, 0.2) is 64.1 Å². The molecule has 0 aliphatic rings. The smallest absolute Gasteiger partial charge is 0.233 e. The summed E-state index contributed by atoms with van der Waals surface area (Å²) in [6, 6.07) is 12.3. The van der Waals surface area contributed by atoms with Crippen molar-refractivity contribution in [1.82, 2.24) is 9.97 Å². The Morgan fingerprint density at radius 3 is 2.56 bits per heavy atom. The van der Waals surface area contributed by atoms with Gasteiger partial charge in [0.05, 0.1) is 21.7 Å². The van der Waals surface area contributed by atoms with Gasteiger partial charge in [-0.1, -0.05) is 29.8 Å². The summed E-state index contributed by atoms with van der Waals surface area (Å²) in [5, 5.41) is -0.0528. The van der Waals surface area contributed by atoms with Gasteiger partial charge in [-0.15, -0.1) is 0 Å². The molecule has 9 heteroatoms. The fraction of sp³-hybridized carbons (Fsp3) is 0.111. The second kappa shape index (κ2) is 8.24. The third-order valence-corrected chi connectivity index (χ3v) is 5.92. The Morgan fingerprint density at radius 2 is 1.81 bits per heavy atom. The zero-order valence-electron chi connectivity index (χ0n) is 13.9. The molecule has 2 aromatic heterocycles. The van der Waals surface area contributed by atoms with Crippen LogP contribution in [-0.4, -0.2) is 18.4 Å². The van der Waals surface area contributed by atoms with E-state index in [0.29, 0.717) is 15.9 Å². The lowest BCUT2D eigenvalue weighted by atomic mass is 10.3. The van der Waals surface area contributed by atoms with E-state index in [2.05, 4.69) is 25.9 Å². The predicted molar refractivity (Wildman–Crippen MR) is 107 cm³/mol. The van der Waals surface area contributed by atoms with Crippen molar-refractivity contribution in [3.63, 3.8) is 0 Å². The Hall–Kier alpha value is -2.16. The monoisotopic (exact) mass is 468 g/mol. The van der Waals surface area contributed by atoms with Crippen molar-refractivity contribution in [2.75, 3.05) is 0 Å². The first-order chi connectivity index (χ1) is 12.8. The van der Waals surface area contributed by atoms with Crippen molar-refractivity contribution in [2.45, 2.75) is 11.5 Å². The van der Waals surface area contributed by atoms with E-state index < -0.39 is 21.0 Å². The van der Waals surface area contributed by atoms with Crippen LogP contribution in [-0.2, 0) is 21.3 Å². The molecule has 3 rings (SSSR count). The number of sulfone groups is 1. The fourth-order valence-electron chi connectivity index (χ4n) is 2.33. The minimum atomic E-state index is -3.64. The molecule has 1 N–H and O–H groups in total. The Bertz CT molecular complexity index is 1120. The van der Waals surface area contributed by atoms with E-state index in [1.807, 2.05) is 18.2 Å². The second-order valence-corrected chi connectivity index (χ2v) is 9.02. The van der Waals surface area contributed by atoms with Gasteiger partial charge in [0.1, 0.15) is 10.8 Å². The highest BCUT2D eigenvalue weighted by Gasteiger charge is 2.18. The van der Waals surface area contributed by atoms with Gasteiger partial charge in [-0.25, -0.2) is 13.4 Å². The highest BCUT2D eigenvalue weighted by atomic mass is 79.9. The number of halogens is 2. The molecule has 27 heavy (non-hydrogen) atoms. The summed E-state index contributed by atoms with van der Waals surface area (Å²) in [5.74, 6) is 0.0676. The first kappa shape index (κ1) is 19.6. The van der Waals surface area contributed by atoms with Gasteiger partial charge in [0.15, 0.2) is 9.84 Å². The zero-order valence-corrected chi connectivity index (χ0v) is 17.0. The van der Waals surface area contributed by atoms with Crippen molar-refractivity contribution in [2.24, 2.45) is 0 Å². The molecule has 3 aromatic rings. The van der Waals surface area contributed by atoms with Gasteiger partial charge in [-0.05, 0) is 40.2 Å². The summed E-state index contributed by atoms with van der Waals surface area (Å²) in [4.78, 5) is 18.9. The molecule has 0 atom stereocenters. The highest BCUT2D eigenvalue weighted by molar-refractivity contribution is 9.10. The number of nitrogens with zero attached hydrogens (tertiary/aromatic N) is 1. The van der Waals surface area contributed by atoms with E-state index in [-0.39, 0.29) is 22.2 Å². The maximum absolute atomic E-state index is 12.5. The number of benzene rings is 1. The van der Waals surface area contributed by atoms with Crippen molar-refractivity contribution in [3.05, 3.63) is 85.8 Å². The first-order valence-corrected chi connectivity index (χ1v) is 10.8. The highest BCUT2D eigenvalue weighted by Crippen LogP contribution is 2.28. The fourth-order valence-corrected chi connectivity index (χ4v) is 4.22. The lowest BCUT2D eigenvalue weighted by Crippen LogP contribution is -2.16. The molecule has 0 radical (unpaired) electrons. The van der Waals surface area contributed by atoms with Crippen molar-refractivity contribution >= 4 is 37.4 Å². The van der Waals surface area contributed by atoms with E-state index in [0.717, 1.165) is 0 Å². The summed E-state index contributed by atoms with van der Waals surface area (Å²) in [6.07, 6.45) is 2.65. The summed E-state index contributed by atoms with van der Waals surface area (Å²) in [5.41, 5.74) is -0.112. The van der Waals surface area contributed by atoms with Crippen LogP contribution >= 0.6 is 27.5 Å². The molecule has 0 unspecified atom stereocenters. The van der Waals surface area contributed by atoms with Crippen molar-refractivity contribution in [3.8, 4) is 11.6 Å². The average molecular weight is 470 g/mol. The summed E-state index contributed by atoms with van der Waals surface area (Å²) >= 11 is 9.09. The number of hydrogen-bond donors (Lipinski definition) is 1. The van der Waals surface area contributed by atoms with Gasteiger partial charge in [0, 0.05) is 18.0 Å². The molecule has 2 heterocycles. The molecule has 0 saturated heterocycles. The van der Waals surface area contributed by atoms with Crippen LogP contribution in [0.2, 0.25) is 5.02 Å². The lowest BCUT2D eigenvalue weighted by molar-refractivity contribution is 0.458. The molecular formula is C18H14BrClN2O4S. The molecule has 140 valence electrons. The van der Waals surface area contributed by atoms with Crippen molar-refractivity contribution in [1.29, 1.82) is 0 Å². The Morgan fingerprint density at radius 1 is 1.07 bits per heavy atom. The number of hydrogen-bond acceptors (Lipinski definition) is 5. The number of rotatable bonds is 6. The van der Waals surface area contributed by atoms with Crippen LogP contribution in [0, 0.1) is 0 Å². The Kier molecular flexibility index (Phi) is 5.98. The van der Waals surface area contributed by atoms with Gasteiger partial charge in [-0.3, -0.25) is 4.79 Å². The van der Waals surface area contributed by atoms with Crippen LogP contribution in [0.25, 0.3) is 0 Å². The number of aromatic amines is 1. The van der Waals surface area contributed by atoms with Gasteiger partial charge in [-0.2, -0.15) is 0 Å². The maximum atomic E-state index is 12.5. The lowest BCUT2D eigenvalue weighted by Gasteiger charge is -2.09. The molecule has 0 fully saturated rings. The normalized spacial score (nSPS) is 11.3. The zero-order chi connectivity index (χ0) is 19.4. The molecule has 0 spiro atoms. The number of pyridine rings is 2. The third-order valence-electron chi connectivity index (χ3n) is 3.55. The van der Waals surface area contributed by atoms with Crippen LogP contribution in [0.3, 0.4) is 0 Å². The number of H-pyrrole nitrogens is 1. The predicted octanol–water partition coefficient (Wildman–Crippen LogP) is 4.09. The van der Waals surface area contributed by atoms with Crippen LogP contribution in [0.4, 0.5) is 0 Å². The number of aromatic nitrogens is 2. The minimum absolute atomic E-state index is 0.0528. The van der Waals surface area contributed by atoms with E-state index in [1.165, 1.54) is 12.4 Å². The van der Waals surface area contributed by atoms with Crippen LogP contribution in [0.5, 0.6) is 11.6 Å². The number of ether oxygens (including phenoxy) is 1. The van der Waals surface area contributed by atoms with Crippen molar-refractivity contribution < 1.29 is 13.2 Å². The van der Waals surface area contributed by atoms with E-state index in [4.69, 9.17) is 16.3 Å². The molecule has 0 saturated carbocycles. The summed E-state index contributed by atoms with van der Waals surface area (Å²) in [7, 11) is -3.64. The summed E-state index contributed by atoms with van der Waals surface area (Å²) < 4.78 is 31.3. The van der Waals surface area contributed by atoms with Gasteiger partial charge >= 0.3 is 0 Å².